The first-order valence-electron chi connectivity index (χ1n) is 6.85. The molecule has 1 fully saturated rings. The van der Waals surface area contributed by atoms with Crippen LogP contribution in [-0.4, -0.2) is 30.6 Å². The molecule has 0 amide bonds. The third-order valence-electron chi connectivity index (χ3n) is 3.65. The normalized spacial score (nSPS) is 18.5. The molecule has 1 atom stereocenters. The molecule has 1 heterocycles. The van der Waals surface area contributed by atoms with Crippen LogP contribution in [0.15, 0.2) is 18.2 Å². The largest absolute Gasteiger partial charge is 0.365 e. The summed E-state index contributed by atoms with van der Waals surface area (Å²) in [6.07, 6.45) is 2.34. The number of rotatable bonds is 5. The Morgan fingerprint density at radius 2 is 2.32 bits per heavy atom. The Bertz CT molecular complexity index is 456. The lowest BCUT2D eigenvalue weighted by atomic mass is 10.1. The zero-order chi connectivity index (χ0) is 13.8. The molecule has 0 spiro atoms. The van der Waals surface area contributed by atoms with E-state index in [-0.39, 0.29) is 10.6 Å². The average Bonchev–Trinajstić information content (AvgIpc) is 2.88. The first-order valence-corrected chi connectivity index (χ1v) is 6.85. The van der Waals surface area contributed by atoms with Gasteiger partial charge in [0.2, 0.25) is 0 Å². The maximum atomic E-state index is 11.2. The molecule has 1 aliphatic heterocycles. The van der Waals surface area contributed by atoms with E-state index in [0.717, 1.165) is 37.3 Å². The number of hydrogen-bond donors (Lipinski definition) is 1. The summed E-state index contributed by atoms with van der Waals surface area (Å²) >= 11 is 0. The molecule has 1 aromatic rings. The minimum atomic E-state index is -0.292. The summed E-state index contributed by atoms with van der Waals surface area (Å²) in [6.45, 7) is 6.68. The maximum absolute atomic E-state index is 11.2. The lowest BCUT2D eigenvalue weighted by Crippen LogP contribution is -2.37. The van der Waals surface area contributed by atoms with Crippen molar-refractivity contribution in [3.05, 3.63) is 33.9 Å². The van der Waals surface area contributed by atoms with Gasteiger partial charge in [-0.05, 0) is 44.9 Å². The predicted octanol–water partition coefficient (Wildman–Crippen LogP) is 2.48. The maximum Gasteiger partial charge on any atom is 0.292 e. The summed E-state index contributed by atoms with van der Waals surface area (Å²) in [4.78, 5) is 13.0. The number of nitro groups is 1. The minimum absolute atomic E-state index is 0.199. The summed E-state index contributed by atoms with van der Waals surface area (Å²) in [5.74, 6) is 0. The minimum Gasteiger partial charge on any atom is -0.365 e. The van der Waals surface area contributed by atoms with Gasteiger partial charge < -0.3 is 10.2 Å². The molecule has 0 saturated carbocycles. The van der Waals surface area contributed by atoms with E-state index in [2.05, 4.69) is 10.2 Å². The number of nitrogens with zero attached hydrogens (tertiary/aromatic N) is 2. The summed E-state index contributed by atoms with van der Waals surface area (Å²) in [7, 11) is 0. The number of benzene rings is 1. The molecule has 1 aliphatic rings. The summed E-state index contributed by atoms with van der Waals surface area (Å²) in [5, 5.41) is 14.6. The Hall–Kier alpha value is -1.62. The van der Waals surface area contributed by atoms with Crippen molar-refractivity contribution in [1.82, 2.24) is 5.32 Å². The van der Waals surface area contributed by atoms with E-state index in [1.807, 2.05) is 19.9 Å². The van der Waals surface area contributed by atoms with Crippen molar-refractivity contribution in [2.45, 2.75) is 32.7 Å². The van der Waals surface area contributed by atoms with Crippen LogP contribution in [-0.2, 0) is 0 Å². The molecule has 2 rings (SSSR count). The molecule has 5 nitrogen and oxygen atoms in total. The summed E-state index contributed by atoms with van der Waals surface area (Å²) in [6, 6.07) is 5.76. The molecule has 5 heteroatoms. The van der Waals surface area contributed by atoms with Crippen molar-refractivity contribution in [1.29, 1.82) is 0 Å². The van der Waals surface area contributed by atoms with Crippen LogP contribution in [0.25, 0.3) is 0 Å². The predicted molar refractivity (Wildman–Crippen MR) is 76.7 cm³/mol. The Balaban J connectivity index is 2.25. The van der Waals surface area contributed by atoms with Gasteiger partial charge in [-0.1, -0.05) is 6.07 Å². The van der Waals surface area contributed by atoms with Crippen molar-refractivity contribution >= 4 is 11.4 Å². The van der Waals surface area contributed by atoms with Crippen LogP contribution in [0.1, 0.15) is 25.3 Å². The van der Waals surface area contributed by atoms with Crippen LogP contribution in [0.2, 0.25) is 0 Å². The second-order valence-electron chi connectivity index (χ2n) is 5.08. The van der Waals surface area contributed by atoms with Crippen LogP contribution < -0.4 is 10.2 Å². The fourth-order valence-corrected chi connectivity index (χ4v) is 2.62. The van der Waals surface area contributed by atoms with E-state index in [1.54, 1.807) is 12.1 Å². The molecule has 0 aliphatic carbocycles. The lowest BCUT2D eigenvalue weighted by Gasteiger charge is -2.26. The van der Waals surface area contributed by atoms with Gasteiger partial charge in [-0.3, -0.25) is 10.1 Å². The Morgan fingerprint density at radius 1 is 1.53 bits per heavy atom. The van der Waals surface area contributed by atoms with Gasteiger partial charge in [0.15, 0.2) is 0 Å². The van der Waals surface area contributed by atoms with Crippen molar-refractivity contribution in [3.8, 4) is 0 Å². The fourth-order valence-electron chi connectivity index (χ4n) is 2.62. The molecule has 1 aromatic carbocycles. The lowest BCUT2D eigenvalue weighted by molar-refractivity contribution is -0.384. The Morgan fingerprint density at radius 3 is 2.89 bits per heavy atom. The van der Waals surface area contributed by atoms with Gasteiger partial charge in [0, 0.05) is 25.2 Å². The molecule has 19 heavy (non-hydrogen) atoms. The van der Waals surface area contributed by atoms with E-state index in [4.69, 9.17) is 0 Å². The van der Waals surface area contributed by atoms with Gasteiger partial charge in [0.1, 0.15) is 5.69 Å². The number of anilines is 1. The summed E-state index contributed by atoms with van der Waals surface area (Å²) in [5.41, 5.74) is 1.99. The second-order valence-corrected chi connectivity index (χ2v) is 5.08. The van der Waals surface area contributed by atoms with Crippen molar-refractivity contribution in [2.75, 3.05) is 24.5 Å². The number of nitro benzene ring substituents is 1. The fraction of sp³-hybridized carbons (Fsp3) is 0.571. The van der Waals surface area contributed by atoms with Crippen LogP contribution in [0.3, 0.4) is 0 Å². The van der Waals surface area contributed by atoms with E-state index in [0.29, 0.717) is 6.04 Å². The van der Waals surface area contributed by atoms with E-state index < -0.39 is 0 Å². The molecule has 104 valence electrons. The molecular formula is C14H21N3O2. The number of aryl methyl sites for hydroxylation is 1. The topological polar surface area (TPSA) is 58.4 Å². The van der Waals surface area contributed by atoms with E-state index in [9.17, 15) is 10.1 Å². The smallest absolute Gasteiger partial charge is 0.292 e. The number of nitrogens with one attached hydrogen (secondary N) is 1. The van der Waals surface area contributed by atoms with Crippen molar-refractivity contribution < 1.29 is 4.92 Å². The zero-order valence-electron chi connectivity index (χ0n) is 11.6. The van der Waals surface area contributed by atoms with E-state index >= 15 is 0 Å². The molecule has 1 N–H and O–H groups in total. The van der Waals surface area contributed by atoms with Crippen LogP contribution in [0.4, 0.5) is 11.4 Å². The molecular weight excluding hydrogens is 242 g/mol. The highest BCUT2D eigenvalue weighted by atomic mass is 16.6. The molecule has 1 saturated heterocycles. The Labute approximate surface area is 113 Å². The highest BCUT2D eigenvalue weighted by Crippen LogP contribution is 2.29. The van der Waals surface area contributed by atoms with Crippen LogP contribution in [0.5, 0.6) is 0 Å². The zero-order valence-corrected chi connectivity index (χ0v) is 11.6. The number of hydrogen-bond acceptors (Lipinski definition) is 4. The van der Waals surface area contributed by atoms with Gasteiger partial charge in [-0.15, -0.1) is 0 Å². The number of likely N-dealkylation sites (N-methyl/N-ethyl adjacent to an activating group) is 1. The Kier molecular flexibility index (Phi) is 4.37. The van der Waals surface area contributed by atoms with E-state index in [1.165, 1.54) is 6.42 Å². The quantitative estimate of drug-likeness (QED) is 0.655. The third kappa shape index (κ3) is 3.23. The second kappa shape index (κ2) is 6.02. The van der Waals surface area contributed by atoms with Gasteiger partial charge in [0.05, 0.1) is 4.92 Å². The van der Waals surface area contributed by atoms with Crippen LogP contribution >= 0.6 is 0 Å². The molecule has 0 radical (unpaired) electrons. The molecule has 1 unspecified atom stereocenters. The van der Waals surface area contributed by atoms with Gasteiger partial charge in [-0.25, -0.2) is 0 Å². The van der Waals surface area contributed by atoms with Gasteiger partial charge in [-0.2, -0.15) is 0 Å². The first-order chi connectivity index (χ1) is 9.11. The highest BCUT2D eigenvalue weighted by molar-refractivity contribution is 5.64. The van der Waals surface area contributed by atoms with Crippen molar-refractivity contribution in [2.24, 2.45) is 0 Å². The summed E-state index contributed by atoms with van der Waals surface area (Å²) < 4.78 is 0. The SMILES string of the molecule is CCN(CC1CCCN1)c1cc(C)ccc1[N+](=O)[O-]. The van der Waals surface area contributed by atoms with Crippen LogP contribution in [0, 0.1) is 17.0 Å². The van der Waals surface area contributed by atoms with Gasteiger partial charge in [0.25, 0.3) is 5.69 Å². The van der Waals surface area contributed by atoms with Crippen molar-refractivity contribution in [3.63, 3.8) is 0 Å². The average molecular weight is 263 g/mol. The highest BCUT2D eigenvalue weighted by Gasteiger charge is 2.22. The standard InChI is InChI=1S/C14H21N3O2/c1-3-16(10-12-5-4-8-15-12)14-9-11(2)6-7-13(14)17(18)19/h6-7,9,12,15H,3-5,8,10H2,1-2H3. The first kappa shape index (κ1) is 13.8. The van der Waals surface area contributed by atoms with Gasteiger partial charge >= 0.3 is 0 Å². The molecule has 0 bridgehead atoms. The third-order valence-corrected chi connectivity index (χ3v) is 3.65. The monoisotopic (exact) mass is 263 g/mol. The molecule has 0 aromatic heterocycles.